The minimum Gasteiger partial charge on any atom is -0.331 e. The van der Waals surface area contributed by atoms with E-state index in [1.54, 1.807) is 0 Å². The lowest BCUT2D eigenvalue weighted by Crippen LogP contribution is -2.50. The molecule has 2 heterocycles. The fraction of sp³-hybridized carbons (Fsp3) is 0.818. The van der Waals surface area contributed by atoms with Crippen molar-refractivity contribution in [3.8, 4) is 0 Å². The smallest absolute Gasteiger partial charge is 0.241 e. The van der Waals surface area contributed by atoms with Crippen LogP contribution < -0.4 is 5.73 Å². The van der Waals surface area contributed by atoms with Crippen molar-refractivity contribution < 1.29 is 4.79 Å². The van der Waals surface area contributed by atoms with Gasteiger partial charge in [0, 0.05) is 31.0 Å². The van der Waals surface area contributed by atoms with Crippen LogP contribution in [-0.4, -0.2) is 38.7 Å². The topological polar surface area (TPSA) is 64.2 Å². The van der Waals surface area contributed by atoms with Gasteiger partial charge in [0.2, 0.25) is 5.91 Å². The van der Waals surface area contributed by atoms with Gasteiger partial charge < -0.3 is 15.2 Å². The summed E-state index contributed by atoms with van der Waals surface area (Å²) >= 11 is 4.27. The number of imidazole rings is 1. The highest BCUT2D eigenvalue weighted by molar-refractivity contribution is 7.80. The SMILES string of the molecule is NC(CS)C(=O)N1CCn2cc(C3CCCCC3)nc2C1CC1CCCCC1. The maximum absolute atomic E-state index is 13.0. The Morgan fingerprint density at radius 2 is 1.79 bits per heavy atom. The predicted octanol–water partition coefficient (Wildman–Crippen LogP) is 4.04. The first-order chi connectivity index (χ1) is 13.7. The van der Waals surface area contributed by atoms with Gasteiger partial charge in [-0.05, 0) is 25.2 Å². The summed E-state index contributed by atoms with van der Waals surface area (Å²) < 4.78 is 2.34. The van der Waals surface area contributed by atoms with E-state index < -0.39 is 6.04 Å². The number of rotatable bonds is 5. The van der Waals surface area contributed by atoms with Crippen molar-refractivity contribution in [2.75, 3.05) is 12.3 Å². The van der Waals surface area contributed by atoms with Crippen molar-refractivity contribution in [3.63, 3.8) is 0 Å². The minimum absolute atomic E-state index is 0.0456. The zero-order valence-corrected chi connectivity index (χ0v) is 18.0. The standard InChI is InChI=1S/C22H36N4OS/c23-18(15-28)22(27)26-12-11-25-14-19(17-9-5-2-6-10-17)24-21(25)20(26)13-16-7-3-1-4-8-16/h14,16-18,20,28H,1-13,15,23H2. The molecule has 0 bridgehead atoms. The monoisotopic (exact) mass is 404 g/mol. The van der Waals surface area contributed by atoms with E-state index >= 15 is 0 Å². The molecule has 2 N–H and O–H groups in total. The van der Waals surface area contributed by atoms with Crippen LogP contribution in [0.3, 0.4) is 0 Å². The average Bonchev–Trinajstić information content (AvgIpc) is 3.19. The van der Waals surface area contributed by atoms with E-state index in [1.165, 1.54) is 69.9 Å². The van der Waals surface area contributed by atoms with Crippen molar-refractivity contribution in [2.24, 2.45) is 11.7 Å². The number of carbonyl (C=O) groups excluding carboxylic acids is 1. The largest absolute Gasteiger partial charge is 0.331 e. The summed E-state index contributed by atoms with van der Waals surface area (Å²) in [5, 5.41) is 0. The van der Waals surface area contributed by atoms with E-state index in [9.17, 15) is 4.79 Å². The molecule has 0 radical (unpaired) electrons. The lowest BCUT2D eigenvalue weighted by atomic mass is 9.84. The summed E-state index contributed by atoms with van der Waals surface area (Å²) in [4.78, 5) is 20.2. The van der Waals surface area contributed by atoms with Gasteiger partial charge in [-0.1, -0.05) is 51.4 Å². The highest BCUT2D eigenvalue weighted by atomic mass is 32.1. The quantitative estimate of drug-likeness (QED) is 0.728. The van der Waals surface area contributed by atoms with Crippen LogP contribution in [0.4, 0.5) is 0 Å². The number of aromatic nitrogens is 2. The van der Waals surface area contributed by atoms with Crippen LogP contribution in [0.25, 0.3) is 0 Å². The molecule has 2 atom stereocenters. The van der Waals surface area contributed by atoms with Crippen molar-refractivity contribution in [1.29, 1.82) is 0 Å². The third-order valence-electron chi connectivity index (χ3n) is 7.18. The number of hydrogen-bond acceptors (Lipinski definition) is 4. The molecule has 2 unspecified atom stereocenters. The molecule has 2 fully saturated rings. The fourth-order valence-electron chi connectivity index (χ4n) is 5.53. The summed E-state index contributed by atoms with van der Waals surface area (Å²) in [6, 6.07) is -0.441. The Labute approximate surface area is 174 Å². The van der Waals surface area contributed by atoms with Crippen molar-refractivity contribution in [2.45, 2.75) is 95.2 Å². The Balaban J connectivity index is 1.60. The van der Waals surface area contributed by atoms with E-state index in [-0.39, 0.29) is 11.9 Å². The predicted molar refractivity (Wildman–Crippen MR) is 116 cm³/mol. The van der Waals surface area contributed by atoms with Gasteiger partial charge in [-0.15, -0.1) is 0 Å². The molecule has 156 valence electrons. The molecule has 0 aromatic carbocycles. The third kappa shape index (κ3) is 4.28. The van der Waals surface area contributed by atoms with Gasteiger partial charge in [0.1, 0.15) is 5.82 Å². The van der Waals surface area contributed by atoms with Gasteiger partial charge in [0.25, 0.3) is 0 Å². The molecule has 2 aliphatic carbocycles. The molecule has 28 heavy (non-hydrogen) atoms. The van der Waals surface area contributed by atoms with Gasteiger partial charge in [0.05, 0.1) is 17.8 Å². The Morgan fingerprint density at radius 3 is 2.46 bits per heavy atom. The number of fused-ring (bicyclic) bond motifs is 1. The van der Waals surface area contributed by atoms with Crippen LogP contribution in [0.15, 0.2) is 6.20 Å². The van der Waals surface area contributed by atoms with E-state index in [1.807, 2.05) is 4.90 Å². The van der Waals surface area contributed by atoms with Crippen LogP contribution in [0.2, 0.25) is 0 Å². The summed E-state index contributed by atoms with van der Waals surface area (Å²) in [5.41, 5.74) is 7.35. The molecule has 1 aromatic rings. The summed E-state index contributed by atoms with van der Waals surface area (Å²) in [6.07, 6.45) is 16.4. The number of hydrogen-bond donors (Lipinski definition) is 2. The van der Waals surface area contributed by atoms with Crippen LogP contribution in [0, 0.1) is 5.92 Å². The average molecular weight is 405 g/mol. The zero-order chi connectivity index (χ0) is 19.5. The Bertz CT molecular complexity index is 663. The van der Waals surface area contributed by atoms with E-state index in [2.05, 4.69) is 23.4 Å². The minimum atomic E-state index is -0.517. The highest BCUT2D eigenvalue weighted by Crippen LogP contribution is 2.39. The Kier molecular flexibility index (Phi) is 6.66. The summed E-state index contributed by atoms with van der Waals surface area (Å²) in [7, 11) is 0. The van der Waals surface area contributed by atoms with E-state index in [4.69, 9.17) is 10.7 Å². The number of nitrogens with zero attached hydrogens (tertiary/aromatic N) is 3. The normalized spacial score (nSPS) is 25.5. The maximum Gasteiger partial charge on any atom is 0.241 e. The van der Waals surface area contributed by atoms with E-state index in [0.29, 0.717) is 17.6 Å². The molecule has 2 saturated carbocycles. The lowest BCUT2D eigenvalue weighted by molar-refractivity contribution is -0.136. The molecule has 4 rings (SSSR count). The molecule has 6 heteroatoms. The molecule has 1 aromatic heterocycles. The second-order valence-electron chi connectivity index (χ2n) is 9.13. The number of nitrogens with two attached hydrogens (primary N) is 1. The van der Waals surface area contributed by atoms with Gasteiger partial charge in [0.15, 0.2) is 0 Å². The van der Waals surface area contributed by atoms with Crippen LogP contribution in [0.5, 0.6) is 0 Å². The van der Waals surface area contributed by atoms with Crippen LogP contribution in [0.1, 0.15) is 94.1 Å². The molecule has 1 amide bonds. The Hall–Kier alpha value is -1.01. The van der Waals surface area contributed by atoms with Crippen molar-refractivity contribution >= 4 is 18.5 Å². The van der Waals surface area contributed by atoms with Crippen LogP contribution in [-0.2, 0) is 11.3 Å². The second kappa shape index (κ2) is 9.21. The van der Waals surface area contributed by atoms with Crippen molar-refractivity contribution in [1.82, 2.24) is 14.5 Å². The molecule has 0 spiro atoms. The zero-order valence-electron chi connectivity index (χ0n) is 17.1. The van der Waals surface area contributed by atoms with E-state index in [0.717, 1.165) is 25.3 Å². The van der Waals surface area contributed by atoms with Gasteiger partial charge >= 0.3 is 0 Å². The highest BCUT2D eigenvalue weighted by Gasteiger charge is 2.37. The second-order valence-corrected chi connectivity index (χ2v) is 9.49. The number of amides is 1. The first-order valence-corrected chi connectivity index (χ1v) is 12.0. The molecular formula is C22H36N4OS. The van der Waals surface area contributed by atoms with Crippen LogP contribution >= 0.6 is 12.6 Å². The molecule has 0 saturated heterocycles. The fourth-order valence-corrected chi connectivity index (χ4v) is 5.68. The van der Waals surface area contributed by atoms with Gasteiger partial charge in [-0.2, -0.15) is 12.6 Å². The maximum atomic E-state index is 13.0. The Morgan fingerprint density at radius 1 is 1.11 bits per heavy atom. The molecular weight excluding hydrogens is 368 g/mol. The number of carbonyl (C=O) groups is 1. The van der Waals surface area contributed by atoms with Crippen molar-refractivity contribution in [3.05, 3.63) is 17.7 Å². The van der Waals surface area contributed by atoms with Gasteiger partial charge in [-0.25, -0.2) is 4.98 Å². The molecule has 3 aliphatic rings. The van der Waals surface area contributed by atoms with Gasteiger partial charge in [-0.3, -0.25) is 4.79 Å². The first kappa shape index (κ1) is 20.3. The summed E-state index contributed by atoms with van der Waals surface area (Å²) in [6.45, 7) is 1.58. The third-order valence-corrected chi connectivity index (χ3v) is 7.58. The molecule has 1 aliphatic heterocycles. The lowest BCUT2D eigenvalue weighted by Gasteiger charge is -2.39. The summed E-state index contributed by atoms with van der Waals surface area (Å²) in [5.74, 6) is 2.85. The molecule has 5 nitrogen and oxygen atoms in total. The first-order valence-electron chi connectivity index (χ1n) is 11.4. The number of thiol groups is 1.